The summed E-state index contributed by atoms with van der Waals surface area (Å²) in [5.41, 5.74) is 3.85. The van der Waals surface area contributed by atoms with Gasteiger partial charge in [-0.15, -0.1) is 0 Å². The maximum absolute atomic E-state index is 12.9. The minimum Gasteiger partial charge on any atom is -0.344 e. The molecule has 2 atom stereocenters. The predicted octanol–water partition coefficient (Wildman–Crippen LogP) is 3.60. The predicted molar refractivity (Wildman–Crippen MR) is 105 cm³/mol. The number of carbonyl (C=O) groups is 1. The van der Waals surface area contributed by atoms with Crippen molar-refractivity contribution in [1.29, 1.82) is 0 Å². The molecule has 1 amide bonds. The molecule has 3 heterocycles. The van der Waals surface area contributed by atoms with Gasteiger partial charge in [-0.05, 0) is 42.4 Å². The van der Waals surface area contributed by atoms with Crippen LogP contribution in [-0.4, -0.2) is 53.0 Å². The number of nitrogens with zero attached hydrogens (tertiary/aromatic N) is 3. The number of fused-ring (bicyclic) bond motifs is 2. The summed E-state index contributed by atoms with van der Waals surface area (Å²) < 4.78 is 3.49. The number of rotatable bonds is 3. The molecule has 4 nitrogen and oxygen atoms in total. The molecule has 0 unspecified atom stereocenters. The minimum atomic E-state index is -0.0589. The van der Waals surface area contributed by atoms with Crippen LogP contribution < -0.4 is 0 Å². The Bertz CT molecular complexity index is 865. The fourth-order valence-corrected chi connectivity index (χ4v) is 4.93. The number of amides is 1. The molecule has 1 aromatic heterocycles. The van der Waals surface area contributed by atoms with E-state index in [1.54, 1.807) is 0 Å². The first-order valence-electron chi connectivity index (χ1n) is 9.03. The Morgan fingerprint density at radius 2 is 2.04 bits per heavy atom. The van der Waals surface area contributed by atoms with Crippen LogP contribution in [0.15, 0.2) is 34.9 Å². The minimum absolute atomic E-state index is 0.0589. The van der Waals surface area contributed by atoms with E-state index in [9.17, 15) is 4.79 Å². The Hall–Kier alpha value is -1.59. The molecule has 1 aromatic carbocycles. The molecule has 2 aliphatic rings. The summed E-state index contributed by atoms with van der Waals surface area (Å²) in [6.07, 6.45) is 4.43. The second-order valence-electron chi connectivity index (χ2n) is 7.03. The van der Waals surface area contributed by atoms with Gasteiger partial charge in [0.25, 0.3) is 0 Å². The second-order valence-corrected chi connectivity index (χ2v) is 7.88. The smallest absolute Gasteiger partial charge is 0.230 e. The number of carbonyl (C=O) groups excluding carboxylic acids is 1. The fraction of sp³-hybridized carbons (Fsp3) is 0.450. The molecule has 0 saturated heterocycles. The zero-order chi connectivity index (χ0) is 17.7. The van der Waals surface area contributed by atoms with Crippen molar-refractivity contribution < 1.29 is 4.79 Å². The third kappa shape index (κ3) is 2.56. The molecule has 0 bridgehead atoms. The number of aromatic nitrogens is 1. The van der Waals surface area contributed by atoms with Crippen molar-refractivity contribution >= 4 is 38.3 Å². The van der Waals surface area contributed by atoms with Gasteiger partial charge in [0.15, 0.2) is 0 Å². The molecule has 4 rings (SSSR count). The SMILES string of the molecule is CCN(CC)C(=O)[C@@H]1C=C2c3cccc4c(Br)cn(c34)C[C@H]2N(C)C1. The zero-order valence-electron chi connectivity index (χ0n) is 15.0. The summed E-state index contributed by atoms with van der Waals surface area (Å²) in [6, 6.07) is 6.80. The highest BCUT2D eigenvalue weighted by molar-refractivity contribution is 9.10. The third-order valence-electron chi connectivity index (χ3n) is 5.68. The Morgan fingerprint density at radius 1 is 1.28 bits per heavy atom. The summed E-state index contributed by atoms with van der Waals surface area (Å²) in [7, 11) is 2.14. The van der Waals surface area contributed by atoms with Crippen molar-refractivity contribution in [2.24, 2.45) is 5.92 Å². The molecule has 25 heavy (non-hydrogen) atoms. The Labute approximate surface area is 157 Å². The van der Waals surface area contributed by atoms with E-state index in [4.69, 9.17) is 0 Å². The number of benzene rings is 1. The van der Waals surface area contributed by atoms with E-state index in [-0.39, 0.29) is 11.8 Å². The van der Waals surface area contributed by atoms with Gasteiger partial charge in [0.2, 0.25) is 5.91 Å². The Morgan fingerprint density at radius 3 is 2.76 bits per heavy atom. The average Bonchev–Trinajstić information content (AvgIpc) is 2.94. The molecule has 5 heteroatoms. The number of halogens is 1. The zero-order valence-corrected chi connectivity index (χ0v) is 16.6. The maximum atomic E-state index is 12.9. The van der Waals surface area contributed by atoms with Gasteiger partial charge in [-0.2, -0.15) is 0 Å². The average molecular weight is 402 g/mol. The molecular weight excluding hydrogens is 378 g/mol. The van der Waals surface area contributed by atoms with Crippen molar-refractivity contribution in [3.05, 3.63) is 40.5 Å². The van der Waals surface area contributed by atoms with Crippen molar-refractivity contribution in [2.45, 2.75) is 26.4 Å². The van der Waals surface area contributed by atoms with E-state index in [0.717, 1.165) is 30.7 Å². The summed E-state index contributed by atoms with van der Waals surface area (Å²) >= 11 is 3.69. The van der Waals surface area contributed by atoms with Gasteiger partial charge in [0.05, 0.1) is 17.5 Å². The standard InChI is InChI=1S/C20H24BrN3O/c1-4-23(5-2)20(25)13-9-16-14-7-6-8-15-17(21)11-24(19(14)15)12-18(16)22(3)10-13/h6-9,11,13,18H,4-5,10,12H2,1-3H3/t13-,18-/m1/s1. The van der Waals surface area contributed by atoms with Crippen LogP contribution in [0.2, 0.25) is 0 Å². The molecule has 0 saturated carbocycles. The first-order chi connectivity index (χ1) is 12.0. The molecule has 2 aliphatic heterocycles. The van der Waals surface area contributed by atoms with Crippen LogP contribution in [-0.2, 0) is 11.3 Å². The topological polar surface area (TPSA) is 28.5 Å². The number of hydrogen-bond acceptors (Lipinski definition) is 2. The van der Waals surface area contributed by atoms with E-state index in [1.807, 2.05) is 4.90 Å². The molecule has 0 aliphatic carbocycles. The lowest BCUT2D eigenvalue weighted by Gasteiger charge is -2.40. The van der Waals surface area contributed by atoms with Crippen LogP contribution >= 0.6 is 15.9 Å². The lowest BCUT2D eigenvalue weighted by atomic mass is 9.85. The summed E-state index contributed by atoms with van der Waals surface area (Å²) in [4.78, 5) is 17.2. The van der Waals surface area contributed by atoms with E-state index >= 15 is 0 Å². The first-order valence-corrected chi connectivity index (χ1v) is 9.82. The Kier molecular flexibility index (Phi) is 4.24. The van der Waals surface area contributed by atoms with Crippen LogP contribution in [0.3, 0.4) is 0 Å². The van der Waals surface area contributed by atoms with Crippen LogP contribution in [0, 0.1) is 5.92 Å². The first kappa shape index (κ1) is 16.9. The highest BCUT2D eigenvalue weighted by atomic mass is 79.9. The van der Waals surface area contributed by atoms with Crippen LogP contribution in [0.25, 0.3) is 16.5 Å². The lowest BCUT2D eigenvalue weighted by Crippen LogP contribution is -2.48. The quantitative estimate of drug-likeness (QED) is 0.785. The van der Waals surface area contributed by atoms with Gasteiger partial charge in [-0.25, -0.2) is 0 Å². The normalized spacial score (nSPS) is 22.6. The van der Waals surface area contributed by atoms with Gasteiger partial charge in [0, 0.05) is 47.8 Å². The molecular formula is C20H24BrN3O. The summed E-state index contributed by atoms with van der Waals surface area (Å²) in [5, 5.41) is 1.25. The lowest BCUT2D eigenvalue weighted by molar-refractivity contribution is -0.134. The van der Waals surface area contributed by atoms with E-state index < -0.39 is 0 Å². The number of para-hydroxylation sites is 1. The number of hydrogen-bond donors (Lipinski definition) is 0. The second kappa shape index (κ2) is 6.29. The van der Waals surface area contributed by atoms with Gasteiger partial charge in [-0.3, -0.25) is 9.69 Å². The third-order valence-corrected chi connectivity index (χ3v) is 6.31. The maximum Gasteiger partial charge on any atom is 0.230 e. The van der Waals surface area contributed by atoms with Crippen LogP contribution in [0.5, 0.6) is 0 Å². The molecule has 0 radical (unpaired) electrons. The molecule has 0 fully saturated rings. The van der Waals surface area contributed by atoms with E-state index in [1.165, 1.54) is 22.0 Å². The van der Waals surface area contributed by atoms with Gasteiger partial charge in [-0.1, -0.05) is 24.3 Å². The monoisotopic (exact) mass is 401 g/mol. The van der Waals surface area contributed by atoms with E-state index in [0.29, 0.717) is 6.04 Å². The summed E-state index contributed by atoms with van der Waals surface area (Å²) in [6.45, 7) is 7.37. The molecule has 132 valence electrons. The van der Waals surface area contributed by atoms with Crippen LogP contribution in [0.1, 0.15) is 19.4 Å². The fourth-order valence-electron chi connectivity index (χ4n) is 4.36. The largest absolute Gasteiger partial charge is 0.344 e. The van der Waals surface area contributed by atoms with Crippen molar-refractivity contribution in [1.82, 2.24) is 14.4 Å². The van der Waals surface area contributed by atoms with Crippen molar-refractivity contribution in [2.75, 3.05) is 26.7 Å². The Balaban J connectivity index is 1.82. The highest BCUT2D eigenvalue weighted by Crippen LogP contribution is 2.41. The molecule has 0 N–H and O–H groups in total. The molecule has 0 spiro atoms. The molecule has 2 aromatic rings. The highest BCUT2D eigenvalue weighted by Gasteiger charge is 2.36. The van der Waals surface area contributed by atoms with Gasteiger partial charge in [0.1, 0.15) is 0 Å². The van der Waals surface area contributed by atoms with Crippen molar-refractivity contribution in [3.8, 4) is 0 Å². The number of likely N-dealkylation sites (N-methyl/N-ethyl adjacent to an activating group) is 1. The van der Waals surface area contributed by atoms with Gasteiger partial charge >= 0.3 is 0 Å². The van der Waals surface area contributed by atoms with E-state index in [2.05, 4.69) is 76.8 Å². The van der Waals surface area contributed by atoms with Crippen molar-refractivity contribution in [3.63, 3.8) is 0 Å². The van der Waals surface area contributed by atoms with Gasteiger partial charge < -0.3 is 9.47 Å². The summed E-state index contributed by atoms with van der Waals surface area (Å²) in [5.74, 6) is 0.188. The van der Waals surface area contributed by atoms with Crippen LogP contribution in [0.4, 0.5) is 0 Å².